The van der Waals surface area contributed by atoms with E-state index in [1.165, 1.54) is 0 Å². The Labute approximate surface area is 135 Å². The third-order valence-corrected chi connectivity index (χ3v) is 3.90. The second kappa shape index (κ2) is 6.20. The second-order valence-electron chi connectivity index (χ2n) is 5.41. The summed E-state index contributed by atoms with van der Waals surface area (Å²) < 4.78 is 18.2. The molecule has 5 heteroatoms. The first kappa shape index (κ1) is 15.2. The molecule has 1 aliphatic rings. The molecule has 1 aliphatic heterocycles. The van der Waals surface area contributed by atoms with Crippen LogP contribution in [0.3, 0.4) is 0 Å². The van der Waals surface area contributed by atoms with Crippen molar-refractivity contribution in [2.45, 2.75) is 20.4 Å². The minimum Gasteiger partial charge on any atom is -0.485 e. The average Bonchev–Trinajstić information content (AvgIpc) is 3.12. The third-order valence-electron chi connectivity index (χ3n) is 3.90. The lowest BCUT2D eigenvalue weighted by Gasteiger charge is -2.08. The van der Waals surface area contributed by atoms with Crippen LogP contribution in [0, 0.1) is 13.8 Å². The summed E-state index contributed by atoms with van der Waals surface area (Å²) in [5.74, 6) is 1.87. The van der Waals surface area contributed by atoms with Crippen molar-refractivity contribution in [3.63, 3.8) is 0 Å². The van der Waals surface area contributed by atoms with E-state index in [-0.39, 0.29) is 19.2 Å². The molecule has 0 radical (unpaired) electrons. The summed E-state index contributed by atoms with van der Waals surface area (Å²) in [5, 5.41) is 0. The van der Waals surface area contributed by atoms with Crippen molar-refractivity contribution in [2.75, 3.05) is 13.4 Å². The Morgan fingerprint density at radius 2 is 2.09 bits per heavy atom. The molecule has 3 rings (SSSR count). The zero-order chi connectivity index (χ0) is 16.4. The Morgan fingerprint density at radius 3 is 2.87 bits per heavy atom. The van der Waals surface area contributed by atoms with Crippen molar-refractivity contribution in [1.29, 1.82) is 0 Å². The van der Waals surface area contributed by atoms with Crippen molar-refractivity contribution in [1.82, 2.24) is 4.57 Å². The zero-order valence-electron chi connectivity index (χ0n) is 13.3. The number of aryl methyl sites for hydroxylation is 1. The van der Waals surface area contributed by atoms with Gasteiger partial charge in [-0.2, -0.15) is 0 Å². The third kappa shape index (κ3) is 2.95. The smallest absolute Gasteiger partial charge is 0.231 e. The molecule has 120 valence electrons. The van der Waals surface area contributed by atoms with Crippen LogP contribution in [0.4, 0.5) is 0 Å². The summed E-state index contributed by atoms with van der Waals surface area (Å²) in [7, 11) is 0. The van der Waals surface area contributed by atoms with Crippen molar-refractivity contribution >= 4 is 5.78 Å². The predicted molar refractivity (Wildman–Crippen MR) is 86.5 cm³/mol. The Hall–Kier alpha value is -2.69. The highest BCUT2D eigenvalue weighted by Gasteiger charge is 2.17. The Kier molecular flexibility index (Phi) is 4.10. The molecular weight excluding hydrogens is 294 g/mol. The van der Waals surface area contributed by atoms with Gasteiger partial charge < -0.3 is 18.8 Å². The molecule has 0 amide bonds. The molecule has 2 heterocycles. The fraction of sp³-hybridized carbons (Fsp3) is 0.278. The van der Waals surface area contributed by atoms with Crippen LogP contribution >= 0.6 is 0 Å². The number of fused-ring (bicyclic) bond motifs is 1. The first-order chi connectivity index (χ1) is 11.1. The second-order valence-corrected chi connectivity index (χ2v) is 5.41. The van der Waals surface area contributed by atoms with Crippen LogP contribution in [0.5, 0.6) is 17.2 Å². The van der Waals surface area contributed by atoms with Gasteiger partial charge in [-0.15, -0.1) is 6.58 Å². The molecule has 1 aromatic carbocycles. The van der Waals surface area contributed by atoms with Crippen molar-refractivity contribution in [2.24, 2.45) is 0 Å². The summed E-state index contributed by atoms with van der Waals surface area (Å²) >= 11 is 0. The van der Waals surface area contributed by atoms with Gasteiger partial charge in [0.15, 0.2) is 18.1 Å². The van der Waals surface area contributed by atoms with Gasteiger partial charge in [0.25, 0.3) is 0 Å². The van der Waals surface area contributed by atoms with Crippen molar-refractivity contribution < 1.29 is 19.0 Å². The summed E-state index contributed by atoms with van der Waals surface area (Å²) in [6.07, 6.45) is 1.82. The highest BCUT2D eigenvalue weighted by molar-refractivity contribution is 5.98. The maximum atomic E-state index is 12.4. The molecule has 23 heavy (non-hydrogen) atoms. The number of benzene rings is 1. The number of hydrogen-bond acceptors (Lipinski definition) is 4. The number of carbonyl (C=O) groups is 1. The number of ketones is 1. The lowest BCUT2D eigenvalue weighted by Crippen LogP contribution is -2.13. The largest absolute Gasteiger partial charge is 0.485 e. The molecule has 0 N–H and O–H groups in total. The van der Waals surface area contributed by atoms with E-state index in [0.29, 0.717) is 29.4 Å². The molecule has 1 aromatic heterocycles. The Bertz CT molecular complexity index is 761. The lowest BCUT2D eigenvalue weighted by molar-refractivity contribution is 0.0920. The SMILES string of the molecule is C=CCn1c(C)cc(C(=O)COc2ccc3c(c2)OCO3)c1C. The van der Waals surface area contributed by atoms with Gasteiger partial charge >= 0.3 is 0 Å². The molecule has 5 nitrogen and oxygen atoms in total. The number of aromatic nitrogens is 1. The molecule has 0 bridgehead atoms. The maximum Gasteiger partial charge on any atom is 0.231 e. The van der Waals surface area contributed by atoms with E-state index in [0.717, 1.165) is 11.4 Å². The first-order valence-corrected chi connectivity index (χ1v) is 7.43. The van der Waals surface area contributed by atoms with Gasteiger partial charge in [-0.05, 0) is 32.0 Å². The van der Waals surface area contributed by atoms with Crippen LogP contribution in [0.2, 0.25) is 0 Å². The van der Waals surface area contributed by atoms with Gasteiger partial charge in [0.05, 0.1) is 0 Å². The maximum absolute atomic E-state index is 12.4. The van der Waals surface area contributed by atoms with Gasteiger partial charge in [0, 0.05) is 29.6 Å². The Morgan fingerprint density at radius 1 is 1.30 bits per heavy atom. The lowest BCUT2D eigenvalue weighted by atomic mass is 10.1. The molecular formula is C18H19NO4. The van der Waals surface area contributed by atoms with Gasteiger partial charge in [0.2, 0.25) is 12.6 Å². The number of hydrogen-bond donors (Lipinski definition) is 0. The number of Topliss-reactive ketones (excluding diaryl/α,β-unsaturated/α-hetero) is 1. The van der Waals surface area contributed by atoms with Crippen LogP contribution in [0.15, 0.2) is 36.9 Å². The number of nitrogens with zero attached hydrogens (tertiary/aromatic N) is 1. The van der Waals surface area contributed by atoms with E-state index in [1.807, 2.05) is 26.0 Å². The van der Waals surface area contributed by atoms with E-state index in [4.69, 9.17) is 14.2 Å². The molecule has 0 fully saturated rings. The van der Waals surface area contributed by atoms with Crippen LogP contribution < -0.4 is 14.2 Å². The van der Waals surface area contributed by atoms with E-state index in [9.17, 15) is 4.79 Å². The fourth-order valence-electron chi connectivity index (χ4n) is 2.69. The Balaban J connectivity index is 1.70. The number of allylic oxidation sites excluding steroid dienone is 1. The van der Waals surface area contributed by atoms with E-state index < -0.39 is 0 Å². The normalized spacial score (nSPS) is 12.3. The van der Waals surface area contributed by atoms with Crippen LogP contribution in [0.1, 0.15) is 21.7 Å². The molecule has 0 atom stereocenters. The van der Waals surface area contributed by atoms with Crippen LogP contribution in [-0.4, -0.2) is 23.8 Å². The average molecular weight is 313 g/mol. The number of rotatable bonds is 6. The summed E-state index contributed by atoms with van der Waals surface area (Å²) in [6.45, 7) is 8.55. The van der Waals surface area contributed by atoms with Gasteiger partial charge in [-0.1, -0.05) is 6.08 Å². The van der Waals surface area contributed by atoms with Gasteiger partial charge in [0.1, 0.15) is 5.75 Å². The van der Waals surface area contributed by atoms with Gasteiger partial charge in [-0.25, -0.2) is 0 Å². The molecule has 0 aliphatic carbocycles. The van der Waals surface area contributed by atoms with E-state index >= 15 is 0 Å². The number of carbonyl (C=O) groups excluding carboxylic acids is 1. The molecule has 0 unspecified atom stereocenters. The summed E-state index contributed by atoms with van der Waals surface area (Å²) in [6, 6.07) is 7.17. The number of ether oxygens (including phenoxy) is 3. The van der Waals surface area contributed by atoms with Crippen LogP contribution in [-0.2, 0) is 6.54 Å². The predicted octanol–water partition coefficient (Wildman–Crippen LogP) is 3.28. The molecule has 2 aromatic rings. The highest BCUT2D eigenvalue weighted by atomic mass is 16.7. The monoisotopic (exact) mass is 313 g/mol. The first-order valence-electron chi connectivity index (χ1n) is 7.43. The van der Waals surface area contributed by atoms with Crippen molar-refractivity contribution in [3.05, 3.63) is 53.9 Å². The zero-order valence-corrected chi connectivity index (χ0v) is 13.3. The quantitative estimate of drug-likeness (QED) is 0.606. The minimum atomic E-state index is -0.0499. The highest BCUT2D eigenvalue weighted by Crippen LogP contribution is 2.35. The molecule has 0 spiro atoms. The van der Waals surface area contributed by atoms with E-state index in [1.54, 1.807) is 18.2 Å². The standard InChI is InChI=1S/C18H19NO4/c1-4-7-19-12(2)8-15(13(19)3)16(20)10-21-14-5-6-17-18(9-14)23-11-22-17/h4-6,8-9H,1,7,10-11H2,2-3H3. The fourth-order valence-corrected chi connectivity index (χ4v) is 2.69. The minimum absolute atomic E-state index is 0.0158. The molecule has 0 saturated carbocycles. The molecule has 0 saturated heterocycles. The summed E-state index contributed by atoms with van der Waals surface area (Å²) in [5.41, 5.74) is 2.65. The van der Waals surface area contributed by atoms with E-state index in [2.05, 4.69) is 11.1 Å². The summed E-state index contributed by atoms with van der Waals surface area (Å²) in [4.78, 5) is 12.4. The van der Waals surface area contributed by atoms with Crippen LogP contribution in [0.25, 0.3) is 0 Å². The van der Waals surface area contributed by atoms with Gasteiger partial charge in [-0.3, -0.25) is 4.79 Å². The topological polar surface area (TPSA) is 49.7 Å². The van der Waals surface area contributed by atoms with Crippen molar-refractivity contribution in [3.8, 4) is 17.2 Å².